The van der Waals surface area contributed by atoms with Crippen LogP contribution in [0.3, 0.4) is 0 Å². The second-order valence-electron chi connectivity index (χ2n) is 6.40. The van der Waals surface area contributed by atoms with Crippen molar-refractivity contribution in [2.24, 2.45) is 0 Å². The molecule has 0 bridgehead atoms. The Morgan fingerprint density at radius 1 is 1.00 bits per heavy atom. The highest BCUT2D eigenvalue weighted by Crippen LogP contribution is 2.22. The lowest BCUT2D eigenvalue weighted by molar-refractivity contribution is -0.136. The summed E-state index contributed by atoms with van der Waals surface area (Å²) in [4.78, 5) is 39.5. The Balaban J connectivity index is 5.35. The van der Waals surface area contributed by atoms with E-state index >= 15 is 0 Å². The smallest absolute Gasteiger partial charge is 0.408 e. The van der Waals surface area contributed by atoms with E-state index in [2.05, 4.69) is 0 Å². The van der Waals surface area contributed by atoms with Gasteiger partial charge in [-0.25, -0.2) is 4.79 Å². The summed E-state index contributed by atoms with van der Waals surface area (Å²) in [6, 6.07) is -0.874. The Kier molecular flexibility index (Phi) is 6.66. The zero-order chi connectivity index (χ0) is 17.0. The molecule has 0 saturated heterocycles. The molecular formula is C14H27N3O4. The predicted octanol–water partition coefficient (Wildman–Crippen LogP) is 1.09. The van der Waals surface area contributed by atoms with Gasteiger partial charge in [-0.2, -0.15) is 0 Å². The molecule has 7 heteroatoms. The van der Waals surface area contributed by atoms with Gasteiger partial charge >= 0.3 is 6.09 Å². The summed E-state index contributed by atoms with van der Waals surface area (Å²) in [5.41, 5.74) is -0.733. The van der Waals surface area contributed by atoms with Crippen molar-refractivity contribution in [3.05, 3.63) is 0 Å². The molecule has 1 atom stereocenters. The molecule has 1 N–H and O–H groups in total. The summed E-state index contributed by atoms with van der Waals surface area (Å²) < 4.78 is 0. The van der Waals surface area contributed by atoms with Crippen LogP contribution in [-0.4, -0.2) is 77.5 Å². The van der Waals surface area contributed by atoms with Crippen LogP contribution in [0.1, 0.15) is 33.6 Å². The molecule has 0 spiro atoms. The maximum atomic E-state index is 12.3. The predicted molar refractivity (Wildman–Crippen MR) is 80.0 cm³/mol. The topological polar surface area (TPSA) is 81.2 Å². The Bertz CT molecular complexity index is 400. The largest absolute Gasteiger partial charge is 0.465 e. The fourth-order valence-electron chi connectivity index (χ4n) is 2.03. The maximum absolute atomic E-state index is 12.3. The number of carboxylic acid groups (broad SMARTS) is 1. The lowest BCUT2D eigenvalue weighted by atomic mass is 9.99. The van der Waals surface area contributed by atoms with Gasteiger partial charge in [-0.3, -0.25) is 14.5 Å². The average Bonchev–Trinajstić information content (AvgIpc) is 2.30. The zero-order valence-electron chi connectivity index (χ0n) is 14.0. The molecule has 0 aliphatic carbocycles. The van der Waals surface area contributed by atoms with Gasteiger partial charge in [0.25, 0.3) is 0 Å². The van der Waals surface area contributed by atoms with E-state index in [9.17, 15) is 19.5 Å². The van der Waals surface area contributed by atoms with Gasteiger partial charge in [-0.05, 0) is 27.2 Å². The molecule has 0 saturated carbocycles. The van der Waals surface area contributed by atoms with Crippen LogP contribution in [0, 0.1) is 0 Å². The standard InChI is InChI=1S/C14H27N3O4/c1-14(2,3)17(13(20)21)10(12(19)16(6)7)8-9-11(18)15(4)5/h10H,8-9H2,1-7H3,(H,20,21)/t10-/m0/s1. The van der Waals surface area contributed by atoms with Crippen molar-refractivity contribution < 1.29 is 19.5 Å². The number of nitrogens with zero attached hydrogens (tertiary/aromatic N) is 3. The number of carbonyl (C=O) groups excluding carboxylic acids is 2. The van der Waals surface area contributed by atoms with E-state index in [4.69, 9.17) is 0 Å². The van der Waals surface area contributed by atoms with Gasteiger partial charge in [0, 0.05) is 40.2 Å². The van der Waals surface area contributed by atoms with Crippen LogP contribution in [-0.2, 0) is 9.59 Å². The van der Waals surface area contributed by atoms with E-state index in [1.165, 1.54) is 9.80 Å². The molecule has 7 nitrogen and oxygen atoms in total. The van der Waals surface area contributed by atoms with Crippen LogP contribution in [0.2, 0.25) is 0 Å². The third kappa shape index (κ3) is 5.61. The van der Waals surface area contributed by atoms with E-state index in [0.29, 0.717) is 0 Å². The third-order valence-corrected chi connectivity index (χ3v) is 3.10. The van der Waals surface area contributed by atoms with Crippen LogP contribution in [0.5, 0.6) is 0 Å². The van der Waals surface area contributed by atoms with Crippen molar-refractivity contribution >= 4 is 17.9 Å². The summed E-state index contributed by atoms with van der Waals surface area (Å²) in [5.74, 6) is -0.454. The second kappa shape index (κ2) is 7.28. The van der Waals surface area contributed by atoms with E-state index in [-0.39, 0.29) is 24.7 Å². The Morgan fingerprint density at radius 2 is 1.48 bits per heavy atom. The first-order valence-corrected chi connectivity index (χ1v) is 6.83. The normalized spacial score (nSPS) is 12.5. The SMILES string of the molecule is CN(C)C(=O)CC[C@@H](C(=O)N(C)C)N(C(=O)O)C(C)(C)C. The van der Waals surface area contributed by atoms with E-state index in [1.54, 1.807) is 49.0 Å². The van der Waals surface area contributed by atoms with Crippen LogP contribution in [0.25, 0.3) is 0 Å². The highest BCUT2D eigenvalue weighted by Gasteiger charge is 2.38. The first kappa shape index (κ1) is 19.2. The lowest BCUT2D eigenvalue weighted by Gasteiger charge is -2.39. The Morgan fingerprint density at radius 3 is 1.76 bits per heavy atom. The van der Waals surface area contributed by atoms with Crippen molar-refractivity contribution in [1.29, 1.82) is 0 Å². The molecule has 0 aliphatic rings. The second-order valence-corrected chi connectivity index (χ2v) is 6.40. The molecule has 0 fully saturated rings. The maximum Gasteiger partial charge on any atom is 0.408 e. The molecule has 0 aromatic rings. The number of rotatable bonds is 5. The Hall–Kier alpha value is -1.79. The van der Waals surface area contributed by atoms with Gasteiger partial charge in [-0.15, -0.1) is 0 Å². The Labute approximate surface area is 126 Å². The molecule has 0 unspecified atom stereocenters. The van der Waals surface area contributed by atoms with Crippen molar-refractivity contribution in [1.82, 2.24) is 14.7 Å². The van der Waals surface area contributed by atoms with Crippen LogP contribution in [0.15, 0.2) is 0 Å². The van der Waals surface area contributed by atoms with Gasteiger partial charge < -0.3 is 14.9 Å². The number of hydrogen-bond acceptors (Lipinski definition) is 3. The van der Waals surface area contributed by atoms with Gasteiger partial charge in [0.05, 0.1) is 0 Å². The molecule has 122 valence electrons. The minimum absolute atomic E-state index is 0.122. The molecule has 3 amide bonds. The molecule has 0 aliphatic heterocycles. The number of hydrogen-bond donors (Lipinski definition) is 1. The lowest BCUT2D eigenvalue weighted by Crippen LogP contribution is -2.56. The van der Waals surface area contributed by atoms with Crippen molar-refractivity contribution in [2.75, 3.05) is 28.2 Å². The van der Waals surface area contributed by atoms with Gasteiger partial charge in [0.1, 0.15) is 6.04 Å². The van der Waals surface area contributed by atoms with Gasteiger partial charge in [0.2, 0.25) is 11.8 Å². The zero-order valence-corrected chi connectivity index (χ0v) is 14.0. The minimum atomic E-state index is -1.17. The minimum Gasteiger partial charge on any atom is -0.465 e. The molecule has 0 aromatic carbocycles. The summed E-state index contributed by atoms with van der Waals surface area (Å²) >= 11 is 0. The average molecular weight is 301 g/mol. The van der Waals surface area contributed by atoms with E-state index in [0.717, 1.165) is 4.90 Å². The summed E-state index contributed by atoms with van der Waals surface area (Å²) in [5, 5.41) is 9.44. The fourth-order valence-corrected chi connectivity index (χ4v) is 2.03. The molecule has 21 heavy (non-hydrogen) atoms. The fraction of sp³-hybridized carbons (Fsp3) is 0.786. The van der Waals surface area contributed by atoms with Gasteiger partial charge in [0.15, 0.2) is 0 Å². The summed E-state index contributed by atoms with van der Waals surface area (Å²) in [7, 11) is 6.41. The van der Waals surface area contributed by atoms with Crippen molar-refractivity contribution in [3.63, 3.8) is 0 Å². The first-order chi connectivity index (χ1) is 9.39. The van der Waals surface area contributed by atoms with E-state index < -0.39 is 17.7 Å². The summed E-state index contributed by atoms with van der Waals surface area (Å²) in [6.07, 6.45) is -0.880. The number of likely N-dealkylation sites (N-methyl/N-ethyl adjacent to an activating group) is 1. The van der Waals surface area contributed by atoms with Gasteiger partial charge in [-0.1, -0.05) is 0 Å². The highest BCUT2D eigenvalue weighted by molar-refractivity contribution is 5.86. The molecule has 0 radical (unpaired) electrons. The highest BCUT2D eigenvalue weighted by atomic mass is 16.4. The monoisotopic (exact) mass is 301 g/mol. The van der Waals surface area contributed by atoms with Crippen LogP contribution in [0.4, 0.5) is 4.79 Å². The molecule has 0 aromatic heterocycles. The molecular weight excluding hydrogens is 274 g/mol. The molecule has 0 rings (SSSR count). The van der Waals surface area contributed by atoms with Crippen LogP contribution >= 0.6 is 0 Å². The summed E-state index contributed by atoms with van der Waals surface area (Å²) in [6.45, 7) is 5.18. The number of carbonyl (C=O) groups is 3. The number of amides is 3. The van der Waals surface area contributed by atoms with E-state index in [1.807, 2.05) is 0 Å². The quantitative estimate of drug-likeness (QED) is 0.824. The molecule has 0 heterocycles. The third-order valence-electron chi connectivity index (χ3n) is 3.10. The van der Waals surface area contributed by atoms with Crippen molar-refractivity contribution in [2.45, 2.75) is 45.2 Å². The van der Waals surface area contributed by atoms with Crippen molar-refractivity contribution in [3.8, 4) is 0 Å². The first-order valence-electron chi connectivity index (χ1n) is 6.83. The van der Waals surface area contributed by atoms with Crippen LogP contribution < -0.4 is 0 Å².